The van der Waals surface area contributed by atoms with Gasteiger partial charge in [0.15, 0.2) is 5.65 Å². The Bertz CT molecular complexity index is 1230. The zero-order valence-corrected chi connectivity index (χ0v) is 15.7. The number of rotatable bonds is 4. The third-order valence-electron chi connectivity index (χ3n) is 4.22. The van der Waals surface area contributed by atoms with E-state index < -0.39 is 0 Å². The van der Waals surface area contributed by atoms with Crippen LogP contribution in [0.3, 0.4) is 0 Å². The van der Waals surface area contributed by atoms with Gasteiger partial charge in [-0.3, -0.25) is 4.98 Å². The van der Waals surface area contributed by atoms with Crippen molar-refractivity contribution < 1.29 is 0 Å². The van der Waals surface area contributed by atoms with Crippen LogP contribution in [0, 0.1) is 0 Å². The molecule has 27 heavy (non-hydrogen) atoms. The number of halogens is 1. The maximum atomic E-state index is 6.07. The minimum atomic E-state index is 0.549. The fourth-order valence-corrected chi connectivity index (χ4v) is 4.23. The molecule has 5 aromatic rings. The Hall–Kier alpha value is -2.90. The topological polar surface area (TPSA) is 69.4 Å². The van der Waals surface area contributed by atoms with Gasteiger partial charge < -0.3 is 0 Å². The van der Waals surface area contributed by atoms with Crippen LogP contribution in [-0.2, 0) is 13.0 Å². The van der Waals surface area contributed by atoms with Crippen LogP contribution >= 0.6 is 22.9 Å². The molecule has 0 radical (unpaired) electrons. The van der Waals surface area contributed by atoms with E-state index in [1.807, 2.05) is 36.5 Å². The SMILES string of the molecule is Clc1cccc(Cc2cnc3nnn(Cc4cc5cnccc5s4)c3n2)c1. The second-order valence-electron chi connectivity index (χ2n) is 6.19. The predicted octanol–water partition coefficient (Wildman–Crippen LogP) is 4.12. The van der Waals surface area contributed by atoms with Gasteiger partial charge in [0.2, 0.25) is 5.65 Å². The number of fused-ring (bicyclic) bond motifs is 2. The van der Waals surface area contributed by atoms with Crippen LogP contribution in [0.2, 0.25) is 5.02 Å². The molecular weight excluding hydrogens is 380 g/mol. The summed E-state index contributed by atoms with van der Waals surface area (Å²) < 4.78 is 3.00. The molecule has 4 heterocycles. The van der Waals surface area contributed by atoms with E-state index in [1.54, 1.807) is 28.4 Å². The summed E-state index contributed by atoms with van der Waals surface area (Å²) in [5, 5.41) is 10.2. The lowest BCUT2D eigenvalue weighted by Crippen LogP contribution is -2.03. The van der Waals surface area contributed by atoms with Gasteiger partial charge >= 0.3 is 0 Å². The molecule has 132 valence electrons. The molecule has 0 amide bonds. The van der Waals surface area contributed by atoms with E-state index in [2.05, 4.69) is 26.3 Å². The summed E-state index contributed by atoms with van der Waals surface area (Å²) in [4.78, 5) is 14.5. The van der Waals surface area contributed by atoms with E-state index in [0.29, 0.717) is 29.3 Å². The normalized spacial score (nSPS) is 11.4. The molecule has 0 aliphatic heterocycles. The van der Waals surface area contributed by atoms with Gasteiger partial charge in [0.25, 0.3) is 0 Å². The Balaban J connectivity index is 1.47. The van der Waals surface area contributed by atoms with Crippen LogP contribution in [0.25, 0.3) is 21.4 Å². The number of aromatic nitrogens is 6. The maximum Gasteiger partial charge on any atom is 0.221 e. The maximum absolute atomic E-state index is 6.07. The average molecular weight is 393 g/mol. The minimum Gasteiger partial charge on any atom is -0.264 e. The van der Waals surface area contributed by atoms with Crippen LogP contribution < -0.4 is 0 Å². The number of pyridine rings is 1. The van der Waals surface area contributed by atoms with Gasteiger partial charge in [-0.15, -0.1) is 16.4 Å². The number of hydrogen-bond acceptors (Lipinski definition) is 6. The van der Waals surface area contributed by atoms with Gasteiger partial charge in [-0.1, -0.05) is 28.9 Å². The molecular formula is C19H13ClN6S. The molecule has 0 bridgehead atoms. The smallest absolute Gasteiger partial charge is 0.221 e. The zero-order valence-electron chi connectivity index (χ0n) is 14.1. The predicted molar refractivity (Wildman–Crippen MR) is 106 cm³/mol. The van der Waals surface area contributed by atoms with Crippen LogP contribution in [0.5, 0.6) is 0 Å². The van der Waals surface area contributed by atoms with Crippen molar-refractivity contribution in [1.29, 1.82) is 0 Å². The first-order valence-corrected chi connectivity index (χ1v) is 9.56. The summed E-state index contributed by atoms with van der Waals surface area (Å²) in [6.45, 7) is 0.602. The number of nitrogens with zero attached hydrogens (tertiary/aromatic N) is 6. The van der Waals surface area contributed by atoms with E-state index in [4.69, 9.17) is 16.6 Å². The summed E-state index contributed by atoms with van der Waals surface area (Å²) in [7, 11) is 0. The Morgan fingerprint density at radius 1 is 1.11 bits per heavy atom. The third-order valence-corrected chi connectivity index (χ3v) is 5.56. The van der Waals surface area contributed by atoms with Crippen molar-refractivity contribution in [1.82, 2.24) is 29.9 Å². The Kier molecular flexibility index (Phi) is 4.03. The first kappa shape index (κ1) is 16.3. The standard InChI is InChI=1S/C19H13ClN6S/c20-14-3-1-2-12(6-14)7-15-10-22-18-19(23-15)26(25-24-18)11-16-8-13-9-21-5-4-17(13)27-16/h1-6,8-10H,7,11H2. The Labute approximate surface area is 163 Å². The molecule has 6 nitrogen and oxygen atoms in total. The lowest BCUT2D eigenvalue weighted by atomic mass is 10.1. The molecule has 4 aromatic heterocycles. The van der Waals surface area contributed by atoms with Gasteiger partial charge in [-0.05, 0) is 29.8 Å². The van der Waals surface area contributed by atoms with Gasteiger partial charge in [-0.25, -0.2) is 14.6 Å². The Morgan fingerprint density at radius 3 is 2.96 bits per heavy atom. The molecule has 8 heteroatoms. The third kappa shape index (κ3) is 3.27. The zero-order chi connectivity index (χ0) is 18.2. The first-order valence-electron chi connectivity index (χ1n) is 8.36. The van der Waals surface area contributed by atoms with Gasteiger partial charge in [0.1, 0.15) is 0 Å². The van der Waals surface area contributed by atoms with Crippen molar-refractivity contribution in [2.45, 2.75) is 13.0 Å². The van der Waals surface area contributed by atoms with Crippen molar-refractivity contribution in [3.8, 4) is 0 Å². The fraction of sp³-hybridized carbons (Fsp3) is 0.105. The van der Waals surface area contributed by atoms with E-state index in [-0.39, 0.29) is 0 Å². The second-order valence-corrected chi connectivity index (χ2v) is 7.79. The molecule has 0 aliphatic carbocycles. The van der Waals surface area contributed by atoms with Crippen LogP contribution in [-0.4, -0.2) is 29.9 Å². The molecule has 0 atom stereocenters. The van der Waals surface area contributed by atoms with E-state index in [0.717, 1.165) is 16.6 Å². The van der Waals surface area contributed by atoms with Crippen molar-refractivity contribution in [2.75, 3.05) is 0 Å². The molecule has 0 unspecified atom stereocenters. The summed E-state index contributed by atoms with van der Waals surface area (Å²) in [6.07, 6.45) is 6.08. The molecule has 0 N–H and O–H groups in total. The highest BCUT2D eigenvalue weighted by molar-refractivity contribution is 7.19. The number of hydrogen-bond donors (Lipinski definition) is 0. The van der Waals surface area contributed by atoms with Crippen LogP contribution in [0.1, 0.15) is 16.1 Å². The van der Waals surface area contributed by atoms with Crippen molar-refractivity contribution in [2.24, 2.45) is 0 Å². The van der Waals surface area contributed by atoms with Gasteiger partial charge in [0.05, 0.1) is 18.4 Å². The summed E-state index contributed by atoms with van der Waals surface area (Å²) in [5.41, 5.74) is 3.18. The quantitative estimate of drug-likeness (QED) is 0.460. The second kappa shape index (κ2) is 6.68. The van der Waals surface area contributed by atoms with Crippen molar-refractivity contribution in [3.63, 3.8) is 0 Å². The lowest BCUT2D eigenvalue weighted by Gasteiger charge is -2.03. The first-order chi connectivity index (χ1) is 13.2. The van der Waals surface area contributed by atoms with Crippen molar-refractivity contribution >= 4 is 44.3 Å². The van der Waals surface area contributed by atoms with Crippen molar-refractivity contribution in [3.05, 3.63) is 76.1 Å². The molecule has 1 aromatic carbocycles. The molecule has 0 saturated heterocycles. The molecule has 0 saturated carbocycles. The number of benzene rings is 1. The monoisotopic (exact) mass is 392 g/mol. The molecule has 0 fully saturated rings. The highest BCUT2D eigenvalue weighted by atomic mass is 35.5. The van der Waals surface area contributed by atoms with Gasteiger partial charge in [0, 0.05) is 38.8 Å². The van der Waals surface area contributed by atoms with E-state index >= 15 is 0 Å². The highest BCUT2D eigenvalue weighted by Crippen LogP contribution is 2.25. The Morgan fingerprint density at radius 2 is 2.07 bits per heavy atom. The summed E-state index contributed by atoms with van der Waals surface area (Å²) in [6, 6.07) is 11.9. The van der Waals surface area contributed by atoms with E-state index in [9.17, 15) is 0 Å². The molecule has 0 spiro atoms. The van der Waals surface area contributed by atoms with E-state index in [1.165, 1.54) is 9.58 Å². The largest absolute Gasteiger partial charge is 0.264 e. The van der Waals surface area contributed by atoms with Crippen LogP contribution in [0.15, 0.2) is 55.0 Å². The molecule has 0 aliphatic rings. The molecule has 5 rings (SSSR count). The van der Waals surface area contributed by atoms with Gasteiger partial charge in [-0.2, -0.15) is 0 Å². The minimum absolute atomic E-state index is 0.549. The fourth-order valence-electron chi connectivity index (χ4n) is 3.00. The summed E-state index contributed by atoms with van der Waals surface area (Å²) >= 11 is 7.80. The van der Waals surface area contributed by atoms with Crippen LogP contribution in [0.4, 0.5) is 0 Å². The average Bonchev–Trinajstić information content (AvgIpc) is 3.25. The highest BCUT2D eigenvalue weighted by Gasteiger charge is 2.11. The lowest BCUT2D eigenvalue weighted by molar-refractivity contribution is 0.670. The summed E-state index contributed by atoms with van der Waals surface area (Å²) in [5.74, 6) is 0. The number of thiophene rings is 1.